The van der Waals surface area contributed by atoms with Crippen LogP contribution in [0.5, 0.6) is 0 Å². The number of ether oxygens (including phenoxy) is 1. The first kappa shape index (κ1) is 15.2. The molecule has 0 aliphatic carbocycles. The number of hydrogen-bond donors (Lipinski definition) is 0. The molecule has 0 radical (unpaired) electrons. The van der Waals surface area contributed by atoms with Gasteiger partial charge in [0.15, 0.2) is 0 Å². The van der Waals surface area contributed by atoms with Crippen molar-refractivity contribution in [1.29, 1.82) is 0 Å². The van der Waals surface area contributed by atoms with Gasteiger partial charge in [-0.2, -0.15) is 0 Å². The maximum atomic E-state index is 12.3. The van der Waals surface area contributed by atoms with Crippen molar-refractivity contribution in [3.05, 3.63) is 27.3 Å². The second-order valence-corrected chi connectivity index (χ2v) is 6.65. The van der Waals surface area contributed by atoms with E-state index in [-0.39, 0.29) is 12.5 Å². The first-order valence-corrected chi connectivity index (χ1v) is 8.12. The van der Waals surface area contributed by atoms with Gasteiger partial charge in [0.05, 0.1) is 11.5 Å². The van der Waals surface area contributed by atoms with Crippen LogP contribution in [0.1, 0.15) is 18.7 Å². The van der Waals surface area contributed by atoms with E-state index in [1.807, 2.05) is 17.5 Å². The van der Waals surface area contributed by atoms with Crippen LogP contribution in [-0.2, 0) is 14.3 Å². The molecule has 1 amide bonds. The van der Waals surface area contributed by atoms with Gasteiger partial charge in [-0.05, 0) is 31.4 Å². The maximum absolute atomic E-state index is 12.3. The molecule has 0 spiro atoms. The van der Waals surface area contributed by atoms with Gasteiger partial charge >= 0.3 is 5.97 Å². The zero-order valence-corrected chi connectivity index (χ0v) is 13.4. The molecule has 0 bridgehead atoms. The maximum Gasteiger partial charge on any atom is 0.329 e. The lowest BCUT2D eigenvalue weighted by Crippen LogP contribution is -2.42. The van der Waals surface area contributed by atoms with Crippen LogP contribution in [0.4, 0.5) is 0 Å². The summed E-state index contributed by atoms with van der Waals surface area (Å²) in [5.74, 6) is -0.685. The lowest BCUT2D eigenvalue weighted by molar-refractivity contribution is -0.149. The third-order valence-electron chi connectivity index (χ3n) is 2.66. The molecule has 4 nitrogen and oxygen atoms in total. The number of amides is 1. The van der Waals surface area contributed by atoms with Crippen molar-refractivity contribution in [3.8, 4) is 0 Å². The Morgan fingerprint density at radius 1 is 1.60 bits per heavy atom. The van der Waals surface area contributed by atoms with Gasteiger partial charge in [0.2, 0.25) is 0 Å². The monoisotopic (exact) mass is 327 g/mol. The SMILES string of the molecule is CCOC(=O)C(C)N1C(=O)/C(=C/c2cccs2)SC1=S. The summed E-state index contributed by atoms with van der Waals surface area (Å²) >= 11 is 7.95. The summed E-state index contributed by atoms with van der Waals surface area (Å²) in [5.41, 5.74) is 0. The van der Waals surface area contributed by atoms with E-state index in [2.05, 4.69) is 0 Å². The minimum absolute atomic E-state index is 0.242. The number of hydrogen-bond acceptors (Lipinski definition) is 6. The van der Waals surface area contributed by atoms with Crippen LogP contribution in [0.3, 0.4) is 0 Å². The number of thiophene rings is 1. The fraction of sp³-hybridized carbons (Fsp3) is 0.308. The summed E-state index contributed by atoms with van der Waals surface area (Å²) in [4.78, 5) is 26.9. The number of rotatable bonds is 4. The number of esters is 1. The highest BCUT2D eigenvalue weighted by Gasteiger charge is 2.38. The molecular formula is C13H13NO3S3. The zero-order valence-electron chi connectivity index (χ0n) is 11.0. The lowest BCUT2D eigenvalue weighted by Gasteiger charge is -2.21. The summed E-state index contributed by atoms with van der Waals surface area (Å²) in [5, 5.41) is 1.94. The van der Waals surface area contributed by atoms with Crippen molar-refractivity contribution in [3.63, 3.8) is 0 Å². The molecule has 1 unspecified atom stereocenters. The summed E-state index contributed by atoms with van der Waals surface area (Å²) < 4.78 is 5.32. The smallest absolute Gasteiger partial charge is 0.329 e. The van der Waals surface area contributed by atoms with E-state index in [4.69, 9.17) is 17.0 Å². The van der Waals surface area contributed by atoms with E-state index < -0.39 is 12.0 Å². The number of carbonyl (C=O) groups excluding carboxylic acids is 2. The highest BCUT2D eigenvalue weighted by atomic mass is 32.2. The van der Waals surface area contributed by atoms with E-state index >= 15 is 0 Å². The molecule has 2 heterocycles. The fourth-order valence-corrected chi connectivity index (χ4v) is 3.83. The van der Waals surface area contributed by atoms with Gasteiger partial charge in [0, 0.05) is 4.88 Å². The normalized spacial score (nSPS) is 18.7. The molecule has 1 saturated heterocycles. The highest BCUT2D eigenvalue weighted by Crippen LogP contribution is 2.34. The van der Waals surface area contributed by atoms with Crippen molar-refractivity contribution in [1.82, 2.24) is 4.90 Å². The average Bonchev–Trinajstić information content (AvgIpc) is 2.99. The quantitative estimate of drug-likeness (QED) is 0.483. The summed E-state index contributed by atoms with van der Waals surface area (Å²) in [6.45, 7) is 3.63. The van der Waals surface area contributed by atoms with E-state index in [0.29, 0.717) is 9.23 Å². The molecule has 20 heavy (non-hydrogen) atoms. The van der Waals surface area contributed by atoms with Crippen molar-refractivity contribution in [2.24, 2.45) is 0 Å². The molecule has 2 rings (SSSR count). The second-order valence-electron chi connectivity index (χ2n) is 4.00. The molecule has 1 aliphatic rings. The Labute approximate surface area is 130 Å². The lowest BCUT2D eigenvalue weighted by atomic mass is 10.3. The van der Waals surface area contributed by atoms with E-state index in [1.165, 1.54) is 16.7 Å². The molecule has 1 aromatic rings. The topological polar surface area (TPSA) is 46.6 Å². The minimum Gasteiger partial charge on any atom is -0.464 e. The number of thiocarbonyl (C=S) groups is 1. The second kappa shape index (κ2) is 6.51. The third kappa shape index (κ3) is 3.11. The average molecular weight is 327 g/mol. The number of carbonyl (C=O) groups is 2. The van der Waals surface area contributed by atoms with Gasteiger partial charge in [0.25, 0.3) is 5.91 Å². The molecule has 0 aromatic carbocycles. The van der Waals surface area contributed by atoms with Crippen molar-refractivity contribution < 1.29 is 14.3 Å². The molecule has 1 atom stereocenters. The molecule has 1 aliphatic heterocycles. The van der Waals surface area contributed by atoms with Gasteiger partial charge in [-0.25, -0.2) is 4.79 Å². The molecule has 106 valence electrons. The fourth-order valence-electron chi connectivity index (χ4n) is 1.68. The first-order chi connectivity index (χ1) is 9.54. The van der Waals surface area contributed by atoms with Crippen LogP contribution < -0.4 is 0 Å². The van der Waals surface area contributed by atoms with Crippen LogP contribution in [0.15, 0.2) is 22.4 Å². The van der Waals surface area contributed by atoms with Crippen LogP contribution in [0, 0.1) is 0 Å². The highest BCUT2D eigenvalue weighted by molar-refractivity contribution is 8.26. The summed E-state index contributed by atoms with van der Waals surface area (Å²) in [6, 6.07) is 3.14. The van der Waals surface area contributed by atoms with E-state index in [1.54, 1.807) is 31.3 Å². The van der Waals surface area contributed by atoms with Gasteiger partial charge in [-0.15, -0.1) is 11.3 Å². The van der Waals surface area contributed by atoms with Gasteiger partial charge in [-0.1, -0.05) is 30.0 Å². The van der Waals surface area contributed by atoms with Gasteiger partial charge in [0.1, 0.15) is 10.4 Å². The largest absolute Gasteiger partial charge is 0.464 e. The van der Waals surface area contributed by atoms with Crippen LogP contribution in [-0.4, -0.2) is 33.7 Å². The standard InChI is InChI=1S/C13H13NO3S3/c1-3-17-12(16)8(2)14-11(15)10(20-13(14)18)7-9-5-4-6-19-9/h4-8H,3H2,1-2H3/b10-7-. The number of thioether (sulfide) groups is 1. The molecule has 7 heteroatoms. The molecular weight excluding hydrogens is 314 g/mol. The molecule has 1 aromatic heterocycles. The Morgan fingerprint density at radius 2 is 2.35 bits per heavy atom. The van der Waals surface area contributed by atoms with Gasteiger partial charge in [-0.3, -0.25) is 9.69 Å². The van der Waals surface area contributed by atoms with E-state index in [0.717, 1.165) is 4.88 Å². The van der Waals surface area contributed by atoms with Crippen LogP contribution in [0.25, 0.3) is 6.08 Å². The summed E-state index contributed by atoms with van der Waals surface area (Å²) in [6.07, 6.45) is 1.79. The van der Waals surface area contributed by atoms with E-state index in [9.17, 15) is 9.59 Å². The predicted molar refractivity (Wildman–Crippen MR) is 85.4 cm³/mol. The van der Waals surface area contributed by atoms with Crippen LogP contribution >= 0.6 is 35.3 Å². The van der Waals surface area contributed by atoms with Gasteiger partial charge < -0.3 is 4.74 Å². The Bertz CT molecular complexity index is 565. The van der Waals surface area contributed by atoms with Crippen molar-refractivity contribution >= 4 is 57.6 Å². The minimum atomic E-state index is -0.698. The summed E-state index contributed by atoms with van der Waals surface area (Å²) in [7, 11) is 0. The van der Waals surface area contributed by atoms with Crippen LogP contribution in [0.2, 0.25) is 0 Å². The number of nitrogens with zero attached hydrogens (tertiary/aromatic N) is 1. The first-order valence-electron chi connectivity index (χ1n) is 6.01. The predicted octanol–water partition coefficient (Wildman–Crippen LogP) is 2.90. The third-order valence-corrected chi connectivity index (χ3v) is 4.80. The zero-order chi connectivity index (χ0) is 14.7. The van der Waals surface area contributed by atoms with Crippen molar-refractivity contribution in [2.75, 3.05) is 6.61 Å². The Kier molecular flexibility index (Phi) is 4.95. The molecule has 0 saturated carbocycles. The Morgan fingerprint density at radius 3 is 2.95 bits per heavy atom. The van der Waals surface area contributed by atoms with Crippen molar-refractivity contribution in [2.45, 2.75) is 19.9 Å². The molecule has 0 N–H and O–H groups in total. The molecule has 1 fully saturated rings. The Hall–Kier alpha value is -1.18. The Balaban J connectivity index is 2.19.